The molecule has 3 aromatic heterocycles. The average molecular weight is 534 g/mol. The summed E-state index contributed by atoms with van der Waals surface area (Å²) in [5.74, 6) is 1.29. The van der Waals surface area contributed by atoms with Crippen LogP contribution in [0, 0.1) is 0 Å². The van der Waals surface area contributed by atoms with Crippen molar-refractivity contribution in [3.63, 3.8) is 0 Å². The molecule has 0 saturated carbocycles. The number of hydrogen-bond donors (Lipinski definition) is 0. The Morgan fingerprint density at radius 1 is 0.692 bits per heavy atom. The fraction of sp³-hybridized carbons (Fsp3) is 0.214. The van der Waals surface area contributed by atoms with Gasteiger partial charge in [-0.05, 0) is 24.3 Å². The molecule has 1 aromatic carbocycles. The van der Waals surface area contributed by atoms with Gasteiger partial charge in [-0.15, -0.1) is 0 Å². The third-order valence-corrected chi connectivity index (χ3v) is 5.33. The van der Waals surface area contributed by atoms with Gasteiger partial charge in [0, 0.05) is 42.6 Å². The smallest absolute Gasteiger partial charge is 0.345 e. The topological polar surface area (TPSA) is 120 Å². The molecular weight excluding hydrogens is 506 g/mol. The molecule has 4 rings (SSSR count). The lowest BCUT2D eigenvalue weighted by Gasteiger charge is -2.16. The molecule has 202 valence electrons. The molecular formula is C28H27N3O8. The van der Waals surface area contributed by atoms with Crippen LogP contribution in [0.15, 0.2) is 66.9 Å². The molecule has 0 amide bonds. The van der Waals surface area contributed by atoms with Crippen LogP contribution in [0.4, 0.5) is 0 Å². The summed E-state index contributed by atoms with van der Waals surface area (Å²) in [6, 6.07) is 16.7. The third kappa shape index (κ3) is 7.04. The van der Waals surface area contributed by atoms with Gasteiger partial charge >= 0.3 is 5.97 Å². The number of methoxy groups -OCH3 is 4. The summed E-state index contributed by atoms with van der Waals surface area (Å²) in [4.78, 5) is 26.2. The van der Waals surface area contributed by atoms with Gasteiger partial charge in [-0.3, -0.25) is 4.98 Å². The summed E-state index contributed by atoms with van der Waals surface area (Å²) in [6.45, 7) is 0.0834. The van der Waals surface area contributed by atoms with Gasteiger partial charge in [0.25, 0.3) is 0 Å². The van der Waals surface area contributed by atoms with Crippen LogP contribution < -0.4 is 28.4 Å². The number of carbonyl (C=O) groups excluding carboxylic acids is 1. The standard InChI is InChI=1S/C28H27N3O8/c1-33-19-14-23(35-3)30-25(16-19)38-21-9-7-10-22(39-26-17-20(34-2)15-24(31-26)36-4)27(21)28(32)37-13-11-18-8-5-6-12-29-18/h5-10,12,14-17H,11,13H2,1-4H3. The molecule has 0 fully saturated rings. The maximum atomic E-state index is 13.4. The van der Waals surface area contributed by atoms with E-state index in [9.17, 15) is 4.79 Å². The number of ether oxygens (including phenoxy) is 7. The van der Waals surface area contributed by atoms with Crippen LogP contribution in [0.5, 0.6) is 46.5 Å². The summed E-state index contributed by atoms with van der Waals surface area (Å²) in [5.41, 5.74) is 0.803. The maximum absolute atomic E-state index is 13.4. The molecule has 0 spiro atoms. The van der Waals surface area contributed by atoms with E-state index in [1.165, 1.54) is 28.4 Å². The van der Waals surface area contributed by atoms with Crippen molar-refractivity contribution in [1.29, 1.82) is 0 Å². The number of hydrogen-bond acceptors (Lipinski definition) is 11. The van der Waals surface area contributed by atoms with Crippen molar-refractivity contribution in [3.8, 4) is 46.5 Å². The highest BCUT2D eigenvalue weighted by atomic mass is 16.5. The van der Waals surface area contributed by atoms with Crippen LogP contribution in [0.3, 0.4) is 0 Å². The van der Waals surface area contributed by atoms with Crippen LogP contribution in [0.25, 0.3) is 0 Å². The first-order valence-corrected chi connectivity index (χ1v) is 11.8. The molecule has 0 bridgehead atoms. The number of esters is 1. The Morgan fingerprint density at radius 3 is 1.74 bits per heavy atom. The van der Waals surface area contributed by atoms with Crippen LogP contribution in [-0.2, 0) is 11.2 Å². The number of benzene rings is 1. The van der Waals surface area contributed by atoms with Crippen molar-refractivity contribution >= 4 is 5.97 Å². The van der Waals surface area contributed by atoms with Crippen molar-refractivity contribution in [1.82, 2.24) is 15.0 Å². The predicted octanol–water partition coefficient (Wildman–Crippen LogP) is 4.89. The van der Waals surface area contributed by atoms with Crippen molar-refractivity contribution in [3.05, 3.63) is 78.1 Å². The second-order valence-corrected chi connectivity index (χ2v) is 7.82. The molecule has 4 aromatic rings. The molecule has 11 heteroatoms. The average Bonchev–Trinajstić information content (AvgIpc) is 2.97. The highest BCUT2D eigenvalue weighted by Crippen LogP contribution is 2.37. The van der Waals surface area contributed by atoms with Crippen molar-refractivity contribution < 1.29 is 38.0 Å². The second kappa shape index (κ2) is 13.0. The zero-order valence-corrected chi connectivity index (χ0v) is 21.9. The van der Waals surface area contributed by atoms with E-state index < -0.39 is 5.97 Å². The minimum atomic E-state index is -0.679. The summed E-state index contributed by atoms with van der Waals surface area (Å²) in [7, 11) is 5.96. The van der Waals surface area contributed by atoms with E-state index in [1.54, 1.807) is 48.7 Å². The molecule has 0 aliphatic heterocycles. The first kappa shape index (κ1) is 27.0. The highest BCUT2D eigenvalue weighted by molar-refractivity contribution is 5.96. The summed E-state index contributed by atoms with van der Waals surface area (Å²) in [5, 5.41) is 0. The Labute approximate surface area is 225 Å². The molecule has 0 N–H and O–H groups in total. The van der Waals surface area contributed by atoms with Crippen LogP contribution >= 0.6 is 0 Å². The van der Waals surface area contributed by atoms with Crippen molar-refractivity contribution in [2.45, 2.75) is 6.42 Å². The molecule has 0 atom stereocenters. The number of aromatic nitrogens is 3. The zero-order chi connectivity index (χ0) is 27.6. The largest absolute Gasteiger partial charge is 0.496 e. The first-order chi connectivity index (χ1) is 19.0. The summed E-state index contributed by atoms with van der Waals surface area (Å²) in [6.07, 6.45) is 2.10. The Morgan fingerprint density at radius 2 is 1.26 bits per heavy atom. The molecule has 3 heterocycles. The molecule has 0 aliphatic carbocycles. The lowest BCUT2D eigenvalue weighted by molar-refractivity contribution is 0.0502. The molecule has 11 nitrogen and oxygen atoms in total. The van der Waals surface area contributed by atoms with E-state index in [2.05, 4.69) is 15.0 Å². The second-order valence-electron chi connectivity index (χ2n) is 7.82. The van der Waals surface area contributed by atoms with Gasteiger partial charge in [0.05, 0.1) is 35.0 Å². The molecule has 0 aliphatic rings. The van der Waals surface area contributed by atoms with Gasteiger partial charge < -0.3 is 33.2 Å². The van der Waals surface area contributed by atoms with Gasteiger partial charge in [-0.1, -0.05) is 12.1 Å². The molecule has 39 heavy (non-hydrogen) atoms. The number of carbonyl (C=O) groups is 1. The first-order valence-electron chi connectivity index (χ1n) is 11.8. The highest BCUT2D eigenvalue weighted by Gasteiger charge is 2.23. The van der Waals surface area contributed by atoms with E-state index in [0.717, 1.165) is 5.69 Å². The Bertz CT molecular complexity index is 1300. The predicted molar refractivity (Wildman–Crippen MR) is 139 cm³/mol. The lowest BCUT2D eigenvalue weighted by atomic mass is 10.1. The van der Waals surface area contributed by atoms with Gasteiger partial charge in [0.15, 0.2) is 0 Å². The van der Waals surface area contributed by atoms with Crippen molar-refractivity contribution in [2.24, 2.45) is 0 Å². The summed E-state index contributed by atoms with van der Waals surface area (Å²) < 4.78 is 38.7. The Kier molecular flexibility index (Phi) is 8.96. The SMILES string of the molecule is COc1cc(OC)nc(Oc2cccc(Oc3cc(OC)cc(OC)n3)c2C(=O)OCCc2ccccn2)c1. The van der Waals surface area contributed by atoms with Gasteiger partial charge in [-0.25, -0.2) is 4.79 Å². The monoisotopic (exact) mass is 533 g/mol. The fourth-order valence-electron chi connectivity index (χ4n) is 3.44. The van der Waals surface area contributed by atoms with Crippen molar-refractivity contribution in [2.75, 3.05) is 35.0 Å². The number of pyridine rings is 3. The summed E-state index contributed by atoms with van der Waals surface area (Å²) >= 11 is 0. The van der Waals surface area contributed by atoms with E-state index in [1.807, 2.05) is 18.2 Å². The van der Waals surface area contributed by atoms with Crippen LogP contribution in [0.2, 0.25) is 0 Å². The van der Waals surface area contributed by atoms with E-state index in [4.69, 9.17) is 33.2 Å². The minimum absolute atomic E-state index is 0.0192. The van der Waals surface area contributed by atoms with Gasteiger partial charge in [-0.2, -0.15) is 9.97 Å². The Hall–Kier alpha value is -5.06. The molecule has 0 unspecified atom stereocenters. The van der Waals surface area contributed by atoms with Crippen LogP contribution in [-0.4, -0.2) is 56.0 Å². The van der Waals surface area contributed by atoms with E-state index >= 15 is 0 Å². The minimum Gasteiger partial charge on any atom is -0.496 e. The van der Waals surface area contributed by atoms with Gasteiger partial charge in [0.2, 0.25) is 23.5 Å². The number of rotatable bonds is 12. The number of nitrogens with zero attached hydrogens (tertiary/aromatic N) is 3. The van der Waals surface area contributed by atoms with Gasteiger partial charge in [0.1, 0.15) is 28.6 Å². The lowest BCUT2D eigenvalue weighted by Crippen LogP contribution is -2.11. The zero-order valence-electron chi connectivity index (χ0n) is 21.9. The third-order valence-electron chi connectivity index (χ3n) is 5.33. The molecule has 0 radical (unpaired) electrons. The fourth-order valence-corrected chi connectivity index (χ4v) is 3.44. The van der Waals surface area contributed by atoms with Crippen LogP contribution in [0.1, 0.15) is 16.1 Å². The molecule has 0 saturated heterocycles. The maximum Gasteiger partial charge on any atom is 0.345 e. The Balaban J connectivity index is 1.68. The quantitative estimate of drug-likeness (QED) is 0.231. The van der Waals surface area contributed by atoms with E-state index in [0.29, 0.717) is 17.9 Å². The normalized spacial score (nSPS) is 10.4. The van der Waals surface area contributed by atoms with E-state index in [-0.39, 0.29) is 47.2 Å².